The van der Waals surface area contributed by atoms with Gasteiger partial charge in [0.1, 0.15) is 17.2 Å². The van der Waals surface area contributed by atoms with E-state index in [9.17, 15) is 18.0 Å². The maximum atomic E-state index is 12.9. The minimum absolute atomic E-state index is 0.00975. The average Bonchev–Trinajstić information content (AvgIpc) is 3.21. The summed E-state index contributed by atoms with van der Waals surface area (Å²) in [6.45, 7) is 4.46. The Morgan fingerprint density at radius 3 is 2.42 bits per heavy atom. The maximum Gasteiger partial charge on any atom is 0.417 e. The van der Waals surface area contributed by atoms with Gasteiger partial charge in [-0.1, -0.05) is 12.1 Å². The van der Waals surface area contributed by atoms with Crippen molar-refractivity contribution in [2.24, 2.45) is 5.73 Å². The third-order valence-corrected chi connectivity index (χ3v) is 5.23. The smallest absolute Gasteiger partial charge is 0.417 e. The van der Waals surface area contributed by atoms with Gasteiger partial charge in [-0.25, -0.2) is 4.98 Å². The van der Waals surface area contributed by atoms with Crippen LogP contribution in [0.25, 0.3) is 22.0 Å². The number of nitrogens with one attached hydrogen (secondary N) is 2. The van der Waals surface area contributed by atoms with Crippen molar-refractivity contribution >= 4 is 16.8 Å². The van der Waals surface area contributed by atoms with Crippen LogP contribution in [0.1, 0.15) is 29.9 Å². The zero-order valence-corrected chi connectivity index (χ0v) is 19.6. The van der Waals surface area contributed by atoms with Gasteiger partial charge in [0.25, 0.3) is 5.91 Å². The van der Waals surface area contributed by atoms with E-state index in [-0.39, 0.29) is 17.9 Å². The molecule has 0 saturated carbocycles. The number of fused-ring (bicyclic) bond motifs is 1. The third kappa shape index (κ3) is 5.60. The lowest BCUT2D eigenvalue weighted by atomic mass is 10.0. The van der Waals surface area contributed by atoms with Crippen molar-refractivity contribution in [1.29, 1.82) is 0 Å². The molecule has 4 rings (SSSR count). The number of carbonyl (C=O) groups is 1. The molecule has 0 fully saturated rings. The molecule has 36 heavy (non-hydrogen) atoms. The number of amides is 1. The Morgan fingerprint density at radius 1 is 1.08 bits per heavy atom. The van der Waals surface area contributed by atoms with Crippen molar-refractivity contribution in [3.8, 4) is 28.5 Å². The first-order valence-corrected chi connectivity index (χ1v) is 11.3. The van der Waals surface area contributed by atoms with Crippen molar-refractivity contribution in [2.45, 2.75) is 26.1 Å². The second-order valence-corrected chi connectivity index (χ2v) is 8.30. The number of alkyl halides is 3. The summed E-state index contributed by atoms with van der Waals surface area (Å²) in [5.41, 5.74) is 7.10. The van der Waals surface area contributed by atoms with Crippen molar-refractivity contribution < 1.29 is 27.4 Å². The topological polar surface area (TPSA) is 102 Å². The highest BCUT2D eigenvalue weighted by molar-refractivity contribution is 6.10. The molecule has 4 N–H and O–H groups in total. The molecule has 188 valence electrons. The van der Waals surface area contributed by atoms with Crippen molar-refractivity contribution in [3.05, 3.63) is 72.1 Å². The number of hydrogen-bond donors (Lipinski definition) is 3. The lowest BCUT2D eigenvalue weighted by Crippen LogP contribution is -2.29. The summed E-state index contributed by atoms with van der Waals surface area (Å²) in [6, 6.07) is 14.5. The number of aromatic amines is 1. The van der Waals surface area contributed by atoms with E-state index in [2.05, 4.69) is 15.3 Å². The van der Waals surface area contributed by atoms with Gasteiger partial charge < -0.3 is 25.5 Å². The van der Waals surface area contributed by atoms with E-state index in [4.69, 9.17) is 15.2 Å². The lowest BCUT2D eigenvalue weighted by Gasteiger charge is -2.11. The first-order chi connectivity index (χ1) is 17.2. The van der Waals surface area contributed by atoms with Crippen LogP contribution in [0.3, 0.4) is 0 Å². The highest BCUT2D eigenvalue weighted by Crippen LogP contribution is 2.37. The number of pyridine rings is 1. The van der Waals surface area contributed by atoms with E-state index in [1.54, 1.807) is 18.2 Å². The molecule has 4 aromatic rings. The molecule has 10 heteroatoms. The standard InChI is InChI=1S/C26H25F3N4O3/c1-15(2)35-18-6-3-16(4-7-18)23-20-13-19(36-22-10-5-17(14-32-22)26(27,28)29)8-9-21(20)33-24(23)25(34)31-12-11-30/h3-10,13-15,33H,11-12,30H2,1-2H3,(H,31,34). The SMILES string of the molecule is CC(C)Oc1ccc(-c2c(C(=O)NCCN)[nH]c3ccc(Oc4ccc(C(F)(F)F)cn4)cc23)cc1. The van der Waals surface area contributed by atoms with Crippen LogP contribution in [-0.4, -0.2) is 35.1 Å². The molecule has 0 atom stereocenters. The molecule has 0 spiro atoms. The zero-order valence-electron chi connectivity index (χ0n) is 19.6. The minimum Gasteiger partial charge on any atom is -0.491 e. The van der Waals surface area contributed by atoms with E-state index >= 15 is 0 Å². The summed E-state index contributed by atoms with van der Waals surface area (Å²) < 4.78 is 49.9. The number of nitrogens with zero attached hydrogens (tertiary/aromatic N) is 1. The van der Waals surface area contributed by atoms with Gasteiger partial charge in [-0.2, -0.15) is 13.2 Å². The molecule has 2 heterocycles. The number of H-pyrrole nitrogens is 1. The predicted octanol–water partition coefficient (Wildman–Crippen LogP) is 5.52. The summed E-state index contributed by atoms with van der Waals surface area (Å²) in [5.74, 6) is 0.736. The summed E-state index contributed by atoms with van der Waals surface area (Å²) in [7, 11) is 0. The Balaban J connectivity index is 1.73. The molecule has 0 aliphatic heterocycles. The lowest BCUT2D eigenvalue weighted by molar-refractivity contribution is -0.137. The Labute approximate surface area is 205 Å². The fourth-order valence-corrected chi connectivity index (χ4v) is 3.68. The molecule has 0 bridgehead atoms. The Hall–Kier alpha value is -4.05. The first kappa shape index (κ1) is 25.1. The molecule has 2 aromatic heterocycles. The van der Waals surface area contributed by atoms with Crippen molar-refractivity contribution in [2.75, 3.05) is 13.1 Å². The maximum absolute atomic E-state index is 12.9. The number of benzene rings is 2. The van der Waals surface area contributed by atoms with E-state index in [1.165, 1.54) is 0 Å². The van der Waals surface area contributed by atoms with Crippen LogP contribution < -0.4 is 20.5 Å². The second-order valence-electron chi connectivity index (χ2n) is 8.30. The highest BCUT2D eigenvalue weighted by atomic mass is 19.4. The van der Waals surface area contributed by atoms with Crippen LogP contribution in [0.4, 0.5) is 13.2 Å². The van der Waals surface area contributed by atoms with Crippen LogP contribution in [0.2, 0.25) is 0 Å². The van der Waals surface area contributed by atoms with Gasteiger partial charge in [-0.05, 0) is 55.8 Å². The molecule has 0 saturated heterocycles. The summed E-state index contributed by atoms with van der Waals surface area (Å²) in [6.07, 6.45) is -3.75. The number of hydrogen-bond acceptors (Lipinski definition) is 5. The Morgan fingerprint density at radius 2 is 1.81 bits per heavy atom. The molecule has 0 radical (unpaired) electrons. The minimum atomic E-state index is -4.49. The van der Waals surface area contributed by atoms with Gasteiger partial charge in [0.05, 0.1) is 11.7 Å². The van der Waals surface area contributed by atoms with Crippen molar-refractivity contribution in [1.82, 2.24) is 15.3 Å². The summed E-state index contributed by atoms with van der Waals surface area (Å²) in [5, 5.41) is 3.47. The molecule has 1 amide bonds. The number of rotatable bonds is 8. The Bertz CT molecular complexity index is 1350. The highest BCUT2D eigenvalue weighted by Gasteiger charge is 2.30. The first-order valence-electron chi connectivity index (χ1n) is 11.3. The van der Waals surface area contributed by atoms with E-state index in [0.717, 1.165) is 23.9 Å². The number of nitrogens with two attached hydrogens (primary N) is 1. The molecule has 0 unspecified atom stereocenters. The molecule has 0 aliphatic carbocycles. The molecule has 0 aliphatic rings. The van der Waals surface area contributed by atoms with Gasteiger partial charge in [0, 0.05) is 41.8 Å². The monoisotopic (exact) mass is 498 g/mol. The van der Waals surface area contributed by atoms with Crippen molar-refractivity contribution in [3.63, 3.8) is 0 Å². The van der Waals surface area contributed by atoms with E-state index < -0.39 is 11.7 Å². The number of halogens is 3. The number of aromatic nitrogens is 2. The van der Waals surface area contributed by atoms with Crippen LogP contribution in [0, 0.1) is 0 Å². The zero-order chi connectivity index (χ0) is 25.9. The van der Waals surface area contributed by atoms with E-state index in [0.29, 0.717) is 46.7 Å². The van der Waals surface area contributed by atoms with Gasteiger partial charge in [0.2, 0.25) is 5.88 Å². The van der Waals surface area contributed by atoms with Gasteiger partial charge in [0.15, 0.2) is 0 Å². The van der Waals surface area contributed by atoms with Crippen LogP contribution in [0.15, 0.2) is 60.8 Å². The largest absolute Gasteiger partial charge is 0.491 e. The second kappa shape index (κ2) is 10.3. The molecule has 2 aromatic carbocycles. The third-order valence-electron chi connectivity index (χ3n) is 5.23. The van der Waals surface area contributed by atoms with Gasteiger partial charge in [-0.15, -0.1) is 0 Å². The molecular weight excluding hydrogens is 473 g/mol. The van der Waals surface area contributed by atoms with Gasteiger partial charge in [-0.3, -0.25) is 4.79 Å². The number of ether oxygens (including phenoxy) is 2. The molecular formula is C26H25F3N4O3. The van der Waals surface area contributed by atoms with Gasteiger partial charge >= 0.3 is 6.18 Å². The fourth-order valence-electron chi connectivity index (χ4n) is 3.68. The van der Waals surface area contributed by atoms with Crippen LogP contribution >= 0.6 is 0 Å². The summed E-state index contributed by atoms with van der Waals surface area (Å²) >= 11 is 0. The fraction of sp³-hybridized carbons (Fsp3) is 0.231. The number of carbonyl (C=O) groups excluding carboxylic acids is 1. The van der Waals surface area contributed by atoms with E-state index in [1.807, 2.05) is 38.1 Å². The normalized spacial score (nSPS) is 11.6. The average molecular weight is 499 g/mol. The quantitative estimate of drug-likeness (QED) is 0.297. The predicted molar refractivity (Wildman–Crippen MR) is 130 cm³/mol. The summed E-state index contributed by atoms with van der Waals surface area (Å²) in [4.78, 5) is 19.8. The molecule has 7 nitrogen and oxygen atoms in total. The van der Waals surface area contributed by atoms with Crippen LogP contribution in [-0.2, 0) is 6.18 Å². The van der Waals surface area contributed by atoms with Crippen LogP contribution in [0.5, 0.6) is 17.4 Å². The Kier molecular flexibility index (Phi) is 7.16.